The van der Waals surface area contributed by atoms with E-state index in [0.717, 1.165) is 12.1 Å². The first kappa shape index (κ1) is 15.8. The van der Waals surface area contributed by atoms with Crippen LogP contribution in [-0.4, -0.2) is 25.0 Å². The van der Waals surface area contributed by atoms with E-state index in [1.54, 1.807) is 19.0 Å². The molecule has 1 N–H and O–H groups in total. The highest BCUT2D eigenvalue weighted by Gasteiger charge is 2.31. The topological polar surface area (TPSA) is 45.2 Å². The second-order valence-corrected chi connectivity index (χ2v) is 4.81. The van der Waals surface area contributed by atoms with Crippen molar-refractivity contribution in [3.05, 3.63) is 53.9 Å². The minimum Gasteiger partial charge on any atom is -0.376 e. The van der Waals surface area contributed by atoms with Crippen LogP contribution in [0.15, 0.2) is 42.7 Å². The Morgan fingerprint density at radius 2 is 1.77 bits per heavy atom. The van der Waals surface area contributed by atoms with Gasteiger partial charge in [0.1, 0.15) is 0 Å². The maximum absolute atomic E-state index is 12.8. The summed E-state index contributed by atoms with van der Waals surface area (Å²) in [5.74, 6) is -0.496. The molecule has 0 unspecified atom stereocenters. The van der Waals surface area contributed by atoms with Crippen molar-refractivity contribution in [2.24, 2.45) is 0 Å². The van der Waals surface area contributed by atoms with Crippen molar-refractivity contribution >= 4 is 17.3 Å². The van der Waals surface area contributed by atoms with E-state index in [9.17, 15) is 18.0 Å². The molecule has 22 heavy (non-hydrogen) atoms. The number of rotatable bonds is 3. The highest BCUT2D eigenvalue weighted by molar-refractivity contribution is 6.05. The number of alkyl halides is 3. The Bertz CT molecular complexity index is 669. The van der Waals surface area contributed by atoms with Gasteiger partial charge in [-0.25, -0.2) is 0 Å². The van der Waals surface area contributed by atoms with E-state index in [2.05, 4.69) is 10.3 Å². The molecule has 0 aliphatic rings. The maximum atomic E-state index is 12.8. The third-order valence-corrected chi connectivity index (χ3v) is 3.00. The second kappa shape index (κ2) is 6.05. The lowest BCUT2D eigenvalue weighted by Gasteiger charge is -2.19. The van der Waals surface area contributed by atoms with Crippen LogP contribution in [0.5, 0.6) is 0 Å². The van der Waals surface area contributed by atoms with Gasteiger partial charge >= 0.3 is 6.18 Å². The lowest BCUT2D eigenvalue weighted by molar-refractivity contribution is -0.137. The number of pyridine rings is 1. The zero-order valence-electron chi connectivity index (χ0n) is 12.0. The molecule has 0 saturated carbocycles. The fourth-order valence-electron chi connectivity index (χ4n) is 1.90. The van der Waals surface area contributed by atoms with E-state index in [1.165, 1.54) is 30.6 Å². The summed E-state index contributed by atoms with van der Waals surface area (Å²) in [6.07, 6.45) is -1.59. The second-order valence-electron chi connectivity index (χ2n) is 4.81. The van der Waals surface area contributed by atoms with Crippen molar-refractivity contribution in [1.29, 1.82) is 0 Å². The number of carbonyl (C=O) groups is 1. The largest absolute Gasteiger partial charge is 0.416 e. The van der Waals surface area contributed by atoms with Gasteiger partial charge in [-0.15, -0.1) is 0 Å². The van der Waals surface area contributed by atoms with Gasteiger partial charge < -0.3 is 10.2 Å². The van der Waals surface area contributed by atoms with E-state index in [0.29, 0.717) is 11.3 Å². The molecule has 1 aromatic heterocycles. The maximum Gasteiger partial charge on any atom is 0.416 e. The van der Waals surface area contributed by atoms with Gasteiger partial charge in [0.15, 0.2) is 0 Å². The molecule has 0 atom stereocenters. The van der Waals surface area contributed by atoms with Gasteiger partial charge in [-0.1, -0.05) is 0 Å². The molecule has 0 radical (unpaired) electrons. The molecule has 0 bridgehead atoms. The summed E-state index contributed by atoms with van der Waals surface area (Å²) in [6.45, 7) is 0. The molecule has 7 heteroatoms. The minimum atomic E-state index is -4.47. The van der Waals surface area contributed by atoms with Gasteiger partial charge in [0.25, 0.3) is 5.91 Å². The Labute approximate surface area is 125 Å². The number of hydrogen-bond donors (Lipinski definition) is 1. The van der Waals surface area contributed by atoms with Crippen molar-refractivity contribution in [3.63, 3.8) is 0 Å². The Kier molecular flexibility index (Phi) is 4.35. The predicted molar refractivity (Wildman–Crippen MR) is 78.0 cm³/mol. The van der Waals surface area contributed by atoms with Crippen LogP contribution >= 0.6 is 0 Å². The van der Waals surface area contributed by atoms with E-state index in [1.807, 2.05) is 0 Å². The Balaban J connectivity index is 2.37. The zero-order valence-corrected chi connectivity index (χ0v) is 12.0. The normalized spacial score (nSPS) is 11.1. The SMILES string of the molecule is CN(C)c1ccc(C(F)(F)F)cc1NC(=O)c1ccncc1. The van der Waals surface area contributed by atoms with Gasteiger partial charge in [0.05, 0.1) is 16.9 Å². The van der Waals surface area contributed by atoms with Gasteiger partial charge in [-0.3, -0.25) is 9.78 Å². The number of halogens is 3. The molecule has 0 fully saturated rings. The van der Waals surface area contributed by atoms with Gasteiger partial charge in [0.2, 0.25) is 0 Å². The first-order valence-corrected chi connectivity index (χ1v) is 6.39. The quantitative estimate of drug-likeness (QED) is 0.945. The third kappa shape index (κ3) is 3.55. The average molecular weight is 309 g/mol. The van der Waals surface area contributed by atoms with Gasteiger partial charge in [0, 0.05) is 32.1 Å². The summed E-state index contributed by atoms with van der Waals surface area (Å²) >= 11 is 0. The number of nitrogens with one attached hydrogen (secondary N) is 1. The Hall–Kier alpha value is -2.57. The van der Waals surface area contributed by atoms with Crippen LogP contribution < -0.4 is 10.2 Å². The van der Waals surface area contributed by atoms with E-state index < -0.39 is 17.6 Å². The first-order chi connectivity index (χ1) is 10.3. The lowest BCUT2D eigenvalue weighted by atomic mass is 10.1. The fraction of sp³-hybridized carbons (Fsp3) is 0.200. The van der Waals surface area contributed by atoms with Crippen LogP contribution in [-0.2, 0) is 6.18 Å². The molecule has 1 aromatic carbocycles. The van der Waals surface area contributed by atoms with Crippen LogP contribution in [0.3, 0.4) is 0 Å². The molecule has 1 amide bonds. The number of anilines is 2. The molecule has 116 valence electrons. The smallest absolute Gasteiger partial charge is 0.376 e. The number of nitrogens with zero attached hydrogens (tertiary/aromatic N) is 2. The molecule has 2 rings (SSSR count). The summed E-state index contributed by atoms with van der Waals surface area (Å²) in [6, 6.07) is 6.20. The fourth-order valence-corrected chi connectivity index (χ4v) is 1.90. The molecule has 0 saturated heterocycles. The molecule has 0 aliphatic carbocycles. The highest BCUT2D eigenvalue weighted by Crippen LogP contribution is 2.35. The van der Waals surface area contributed by atoms with Crippen molar-refractivity contribution in [2.75, 3.05) is 24.3 Å². The van der Waals surface area contributed by atoms with Crippen molar-refractivity contribution in [2.45, 2.75) is 6.18 Å². The first-order valence-electron chi connectivity index (χ1n) is 6.39. The Morgan fingerprint density at radius 3 is 2.32 bits per heavy atom. The third-order valence-electron chi connectivity index (χ3n) is 3.00. The summed E-state index contributed by atoms with van der Waals surface area (Å²) in [4.78, 5) is 17.5. The van der Waals surface area contributed by atoms with Crippen LogP contribution in [0.2, 0.25) is 0 Å². The Morgan fingerprint density at radius 1 is 1.14 bits per heavy atom. The number of aromatic nitrogens is 1. The van der Waals surface area contributed by atoms with Crippen molar-refractivity contribution < 1.29 is 18.0 Å². The molecule has 1 heterocycles. The molecular weight excluding hydrogens is 295 g/mol. The van der Waals surface area contributed by atoms with E-state index in [-0.39, 0.29) is 5.69 Å². The van der Waals surface area contributed by atoms with Crippen LogP contribution in [0.1, 0.15) is 15.9 Å². The summed E-state index contributed by atoms with van der Waals surface area (Å²) in [5.41, 5.74) is 0.0808. The molecule has 4 nitrogen and oxygen atoms in total. The molecule has 0 aliphatic heterocycles. The van der Waals surface area contributed by atoms with Gasteiger partial charge in [-0.05, 0) is 30.3 Å². The minimum absolute atomic E-state index is 0.0987. The average Bonchev–Trinajstić information content (AvgIpc) is 2.47. The number of carbonyl (C=O) groups excluding carboxylic acids is 1. The van der Waals surface area contributed by atoms with E-state index in [4.69, 9.17) is 0 Å². The van der Waals surface area contributed by atoms with E-state index >= 15 is 0 Å². The summed E-state index contributed by atoms with van der Waals surface area (Å²) in [5, 5.41) is 2.51. The summed E-state index contributed by atoms with van der Waals surface area (Å²) in [7, 11) is 3.37. The standard InChI is InChI=1S/C15H14F3N3O/c1-21(2)13-4-3-11(15(16,17)18)9-12(13)20-14(22)10-5-7-19-8-6-10/h3-9H,1-2H3,(H,20,22). The monoisotopic (exact) mass is 309 g/mol. The van der Waals surface area contributed by atoms with Crippen LogP contribution in [0.25, 0.3) is 0 Å². The highest BCUT2D eigenvalue weighted by atomic mass is 19.4. The van der Waals surface area contributed by atoms with Gasteiger partial charge in [-0.2, -0.15) is 13.2 Å². The number of amides is 1. The molecule has 2 aromatic rings. The summed E-state index contributed by atoms with van der Waals surface area (Å²) < 4.78 is 38.5. The molecular formula is C15H14F3N3O. The van der Waals surface area contributed by atoms with Crippen molar-refractivity contribution in [3.8, 4) is 0 Å². The predicted octanol–water partition coefficient (Wildman–Crippen LogP) is 3.42. The van der Waals surface area contributed by atoms with Crippen LogP contribution in [0.4, 0.5) is 24.5 Å². The number of benzene rings is 1. The number of hydrogen-bond acceptors (Lipinski definition) is 3. The zero-order chi connectivity index (χ0) is 16.3. The molecule has 0 spiro atoms. The lowest BCUT2D eigenvalue weighted by Crippen LogP contribution is -2.18. The van der Waals surface area contributed by atoms with Crippen LogP contribution in [0, 0.1) is 0 Å². The van der Waals surface area contributed by atoms with Crippen molar-refractivity contribution in [1.82, 2.24) is 4.98 Å².